The molecule has 2 rings (SSSR count). The first-order valence-electron chi connectivity index (χ1n) is 5.42. The van der Waals surface area contributed by atoms with Crippen molar-refractivity contribution in [3.63, 3.8) is 0 Å². The maximum Gasteiger partial charge on any atom is 0.331 e. The van der Waals surface area contributed by atoms with Gasteiger partial charge in [0.1, 0.15) is 11.8 Å². The molecule has 0 bridgehead atoms. The minimum atomic E-state index is -0.540. The van der Waals surface area contributed by atoms with Gasteiger partial charge >= 0.3 is 5.97 Å². The highest BCUT2D eigenvalue weighted by atomic mass is 35.5. The van der Waals surface area contributed by atoms with Crippen LogP contribution in [0.15, 0.2) is 42.3 Å². The Balaban J connectivity index is 2.16. The Morgan fingerprint density at radius 2 is 2.56 bits per heavy atom. The molecule has 2 heterocycles. The van der Waals surface area contributed by atoms with Crippen LogP contribution < -0.4 is 5.01 Å². The van der Waals surface area contributed by atoms with E-state index in [4.69, 9.17) is 16.3 Å². The molecular weight excluding hydrogens is 254 g/mol. The lowest BCUT2D eigenvalue weighted by Crippen LogP contribution is -2.36. The fourth-order valence-corrected chi connectivity index (χ4v) is 1.85. The topological polar surface area (TPSA) is 54.8 Å². The molecule has 0 saturated heterocycles. The smallest absolute Gasteiger partial charge is 0.331 e. The number of nitrogens with zero attached hydrogens (tertiary/aromatic N) is 3. The molecule has 1 unspecified atom stereocenters. The number of hydrogen-bond acceptors (Lipinski definition) is 5. The Morgan fingerprint density at radius 3 is 3.22 bits per heavy atom. The van der Waals surface area contributed by atoms with Crippen molar-refractivity contribution in [2.24, 2.45) is 5.10 Å². The Bertz CT molecular complexity index is 475. The van der Waals surface area contributed by atoms with E-state index < -0.39 is 6.04 Å². The van der Waals surface area contributed by atoms with E-state index in [0.29, 0.717) is 17.3 Å². The van der Waals surface area contributed by atoms with Gasteiger partial charge in [0.05, 0.1) is 11.9 Å². The molecule has 1 atom stereocenters. The molecule has 1 aliphatic rings. The molecule has 0 aromatic carbocycles. The number of carbonyl (C=O) groups excluding carboxylic acids is 1. The number of carbonyl (C=O) groups is 1. The van der Waals surface area contributed by atoms with Crippen LogP contribution in [0.4, 0.5) is 5.69 Å². The summed E-state index contributed by atoms with van der Waals surface area (Å²) in [7, 11) is 0. The van der Waals surface area contributed by atoms with E-state index in [2.05, 4.69) is 16.7 Å². The van der Waals surface area contributed by atoms with Gasteiger partial charge in [-0.1, -0.05) is 24.3 Å². The number of aromatic nitrogens is 1. The lowest BCUT2D eigenvalue weighted by atomic mass is 10.2. The molecule has 18 heavy (non-hydrogen) atoms. The van der Waals surface area contributed by atoms with E-state index in [1.54, 1.807) is 24.5 Å². The summed E-state index contributed by atoms with van der Waals surface area (Å²) >= 11 is 5.89. The molecule has 0 saturated carbocycles. The van der Waals surface area contributed by atoms with Gasteiger partial charge in [0, 0.05) is 12.6 Å². The fraction of sp³-hybridized carbons (Fsp3) is 0.250. The SMILES string of the molecule is C=CCOC(=O)C1CC(Cl)=NN1c1cccnc1. The number of halogens is 1. The number of pyridine rings is 1. The van der Waals surface area contributed by atoms with E-state index in [9.17, 15) is 4.79 Å². The summed E-state index contributed by atoms with van der Waals surface area (Å²) in [5, 5.41) is 6.02. The third-order valence-electron chi connectivity index (χ3n) is 2.40. The molecule has 1 aliphatic heterocycles. The van der Waals surface area contributed by atoms with Crippen molar-refractivity contribution in [2.45, 2.75) is 12.5 Å². The molecule has 0 amide bonds. The monoisotopic (exact) mass is 265 g/mol. The molecule has 1 aromatic rings. The zero-order valence-electron chi connectivity index (χ0n) is 9.62. The van der Waals surface area contributed by atoms with Gasteiger partial charge in [-0.3, -0.25) is 4.98 Å². The van der Waals surface area contributed by atoms with Crippen molar-refractivity contribution in [2.75, 3.05) is 11.6 Å². The summed E-state index contributed by atoms with van der Waals surface area (Å²) in [5.74, 6) is -0.377. The van der Waals surface area contributed by atoms with Crippen LogP contribution in [0.25, 0.3) is 0 Å². The first kappa shape index (κ1) is 12.6. The van der Waals surface area contributed by atoms with Gasteiger partial charge in [-0.15, -0.1) is 0 Å². The quantitative estimate of drug-likeness (QED) is 0.617. The van der Waals surface area contributed by atoms with Gasteiger partial charge < -0.3 is 4.74 Å². The van der Waals surface area contributed by atoms with Crippen LogP contribution in [-0.4, -0.2) is 28.8 Å². The van der Waals surface area contributed by atoms with Gasteiger partial charge in [0.2, 0.25) is 0 Å². The van der Waals surface area contributed by atoms with Crippen LogP contribution in [0, 0.1) is 0 Å². The minimum absolute atomic E-state index is 0.174. The Morgan fingerprint density at radius 1 is 1.72 bits per heavy atom. The highest BCUT2D eigenvalue weighted by molar-refractivity contribution is 6.66. The third-order valence-corrected chi connectivity index (χ3v) is 2.63. The number of rotatable bonds is 4. The first-order valence-corrected chi connectivity index (χ1v) is 5.80. The van der Waals surface area contributed by atoms with E-state index in [-0.39, 0.29) is 12.6 Å². The summed E-state index contributed by atoms with van der Waals surface area (Å²) < 4.78 is 5.02. The standard InChI is InChI=1S/C12H12ClN3O2/c1-2-6-18-12(17)10-7-11(13)15-16(10)9-4-3-5-14-8-9/h2-5,8,10H,1,6-7H2. The molecular formula is C12H12ClN3O2. The normalized spacial score (nSPS) is 18.4. The van der Waals surface area contributed by atoms with Crippen LogP contribution in [0.1, 0.15) is 6.42 Å². The van der Waals surface area contributed by atoms with Crippen LogP contribution >= 0.6 is 11.6 Å². The van der Waals surface area contributed by atoms with Crippen LogP contribution in [-0.2, 0) is 9.53 Å². The van der Waals surface area contributed by atoms with Gasteiger partial charge in [0.15, 0.2) is 6.04 Å². The van der Waals surface area contributed by atoms with Crippen molar-refractivity contribution >= 4 is 28.4 Å². The molecule has 94 valence electrons. The summed E-state index contributed by atoms with van der Waals surface area (Å²) in [5.41, 5.74) is 0.703. The third kappa shape index (κ3) is 2.68. The largest absolute Gasteiger partial charge is 0.460 e. The van der Waals surface area contributed by atoms with Crippen LogP contribution in [0.3, 0.4) is 0 Å². The Labute approximate surface area is 110 Å². The van der Waals surface area contributed by atoms with Gasteiger partial charge in [-0.05, 0) is 12.1 Å². The van der Waals surface area contributed by atoms with Gasteiger partial charge in [0.25, 0.3) is 0 Å². The second-order valence-electron chi connectivity index (χ2n) is 3.67. The maximum atomic E-state index is 11.9. The van der Waals surface area contributed by atoms with Crippen LogP contribution in [0.5, 0.6) is 0 Å². The minimum Gasteiger partial charge on any atom is -0.460 e. The van der Waals surface area contributed by atoms with Crippen molar-refractivity contribution in [1.82, 2.24) is 4.98 Å². The van der Waals surface area contributed by atoms with Crippen molar-refractivity contribution < 1.29 is 9.53 Å². The number of hydrogen-bond donors (Lipinski definition) is 0. The van der Waals surface area contributed by atoms with E-state index >= 15 is 0 Å². The molecule has 0 spiro atoms. The van der Waals surface area contributed by atoms with Gasteiger partial charge in [-0.2, -0.15) is 5.10 Å². The Hall–Kier alpha value is -1.88. The molecule has 5 nitrogen and oxygen atoms in total. The highest BCUT2D eigenvalue weighted by Gasteiger charge is 2.34. The summed E-state index contributed by atoms with van der Waals surface area (Å²) in [6.07, 6.45) is 5.12. The van der Waals surface area contributed by atoms with E-state index in [1.807, 2.05) is 0 Å². The van der Waals surface area contributed by atoms with Crippen molar-refractivity contribution in [3.8, 4) is 0 Å². The number of ether oxygens (including phenoxy) is 1. The molecule has 1 aromatic heterocycles. The molecule has 0 radical (unpaired) electrons. The number of hydrazone groups is 1. The molecule has 0 N–H and O–H groups in total. The molecule has 0 aliphatic carbocycles. The summed E-state index contributed by atoms with van der Waals surface area (Å²) in [4.78, 5) is 15.9. The lowest BCUT2D eigenvalue weighted by Gasteiger charge is -2.21. The lowest BCUT2D eigenvalue weighted by molar-refractivity contribution is -0.143. The maximum absolute atomic E-state index is 11.9. The van der Waals surface area contributed by atoms with E-state index in [1.165, 1.54) is 11.1 Å². The Kier molecular flexibility index (Phi) is 3.94. The fourth-order valence-electron chi connectivity index (χ4n) is 1.62. The average molecular weight is 266 g/mol. The summed E-state index contributed by atoms with van der Waals surface area (Å²) in [6.45, 7) is 3.67. The molecule has 0 fully saturated rings. The summed E-state index contributed by atoms with van der Waals surface area (Å²) in [6, 6.07) is 3.03. The van der Waals surface area contributed by atoms with Crippen molar-refractivity contribution in [3.05, 3.63) is 37.2 Å². The van der Waals surface area contributed by atoms with Gasteiger partial charge in [-0.25, -0.2) is 9.80 Å². The highest BCUT2D eigenvalue weighted by Crippen LogP contribution is 2.25. The molecule has 6 heteroatoms. The number of anilines is 1. The van der Waals surface area contributed by atoms with E-state index in [0.717, 1.165) is 0 Å². The first-order chi connectivity index (χ1) is 8.72. The second-order valence-corrected chi connectivity index (χ2v) is 4.11. The predicted octanol–water partition coefficient (Wildman–Crippen LogP) is 1.94. The number of esters is 1. The second kappa shape index (κ2) is 5.64. The van der Waals surface area contributed by atoms with Crippen molar-refractivity contribution in [1.29, 1.82) is 0 Å². The average Bonchev–Trinajstić information content (AvgIpc) is 2.79. The van der Waals surface area contributed by atoms with Crippen LogP contribution in [0.2, 0.25) is 0 Å². The zero-order chi connectivity index (χ0) is 13.0. The predicted molar refractivity (Wildman–Crippen MR) is 69.6 cm³/mol. The zero-order valence-corrected chi connectivity index (χ0v) is 10.4.